The number of carbonyl (C=O) groups excluding carboxylic acids is 2. The Balaban J connectivity index is 2.13. The number of nitro groups is 1. The van der Waals surface area contributed by atoms with Gasteiger partial charge in [0.15, 0.2) is 5.76 Å². The molecule has 2 aromatic rings. The fourth-order valence-corrected chi connectivity index (χ4v) is 2.90. The van der Waals surface area contributed by atoms with E-state index < -0.39 is 16.5 Å². The van der Waals surface area contributed by atoms with Gasteiger partial charge in [0.25, 0.3) is 5.69 Å². The van der Waals surface area contributed by atoms with Gasteiger partial charge in [0, 0.05) is 17.7 Å². The number of hydrogen-bond acceptors (Lipinski definition) is 6. The summed E-state index contributed by atoms with van der Waals surface area (Å²) in [5.74, 6) is -0.997. The quantitative estimate of drug-likeness (QED) is 0.590. The minimum Gasteiger partial charge on any atom is -0.491 e. The Hall–Kier alpha value is -2.87. The van der Waals surface area contributed by atoms with Crippen LogP contribution in [0.3, 0.4) is 0 Å². The molecule has 1 heterocycles. The summed E-state index contributed by atoms with van der Waals surface area (Å²) in [5.41, 5.74) is 0.868. The van der Waals surface area contributed by atoms with Gasteiger partial charge in [-0.15, -0.1) is 0 Å². The molecule has 0 amide bonds. The van der Waals surface area contributed by atoms with E-state index in [2.05, 4.69) is 20.9 Å². The molecule has 7 nitrogen and oxygen atoms in total. The first-order chi connectivity index (χ1) is 11.4. The summed E-state index contributed by atoms with van der Waals surface area (Å²) in [6, 6.07) is 8.89. The highest BCUT2D eigenvalue weighted by Gasteiger charge is 2.33. The zero-order chi connectivity index (χ0) is 17.4. The molecule has 0 aliphatic heterocycles. The highest BCUT2D eigenvalue weighted by Crippen LogP contribution is 2.31. The second kappa shape index (κ2) is 5.97. The van der Waals surface area contributed by atoms with Gasteiger partial charge < -0.3 is 4.74 Å². The lowest BCUT2D eigenvalue weighted by atomic mass is 9.97. The summed E-state index contributed by atoms with van der Waals surface area (Å²) in [6.07, 6.45) is 0. The monoisotopic (exact) mass is 388 g/mol. The van der Waals surface area contributed by atoms with Crippen LogP contribution in [0.25, 0.3) is 11.3 Å². The number of Topliss-reactive ketones (excluding diaryl/α,β-unsaturated/α-hetero) is 2. The second-order valence-electron chi connectivity index (χ2n) is 4.91. The normalized spacial score (nSPS) is 13.8. The number of allylic oxidation sites excluding steroid dienone is 2. The minimum atomic E-state index is -0.513. The van der Waals surface area contributed by atoms with Crippen LogP contribution in [0.2, 0.25) is 0 Å². The van der Waals surface area contributed by atoms with E-state index in [-0.39, 0.29) is 27.2 Å². The van der Waals surface area contributed by atoms with Crippen LogP contribution in [0, 0.1) is 10.1 Å². The maximum atomic E-state index is 12.4. The molecule has 0 saturated carbocycles. The van der Waals surface area contributed by atoms with Crippen LogP contribution in [0.15, 0.2) is 46.6 Å². The lowest BCUT2D eigenvalue weighted by molar-refractivity contribution is -0.384. The van der Waals surface area contributed by atoms with Gasteiger partial charge in [-0.1, -0.05) is 12.1 Å². The van der Waals surface area contributed by atoms with E-state index in [0.717, 1.165) is 0 Å². The number of pyridine rings is 1. The molecule has 1 aromatic heterocycles. The van der Waals surface area contributed by atoms with Gasteiger partial charge in [0.05, 0.1) is 23.3 Å². The number of benzene rings is 1. The Kier molecular flexibility index (Phi) is 3.98. The molecule has 0 atom stereocenters. The molecule has 8 heteroatoms. The molecule has 0 unspecified atom stereocenters. The van der Waals surface area contributed by atoms with E-state index in [1.807, 2.05) is 0 Å². The molecular weight excluding hydrogens is 380 g/mol. The van der Waals surface area contributed by atoms with Crippen LogP contribution < -0.4 is 0 Å². The Bertz CT molecular complexity index is 936. The molecule has 0 bridgehead atoms. The molecule has 1 aliphatic carbocycles. The number of hydrogen-bond donors (Lipinski definition) is 0. The second-order valence-corrected chi connectivity index (χ2v) is 5.70. The third kappa shape index (κ3) is 2.50. The lowest BCUT2D eigenvalue weighted by Gasteiger charge is -2.16. The summed E-state index contributed by atoms with van der Waals surface area (Å²) < 4.78 is 4.97. The van der Waals surface area contributed by atoms with E-state index in [9.17, 15) is 19.7 Å². The lowest BCUT2D eigenvalue weighted by Crippen LogP contribution is -2.22. The van der Waals surface area contributed by atoms with Gasteiger partial charge in [-0.3, -0.25) is 19.7 Å². The standard InChI is InChI=1S/C16H9BrN2O5/c1-24-16-12(17)15(21)13-10(14(16)20)5-6-11(18-13)8-3-2-4-9(7-8)19(22)23/h2-7H,1H3. The Morgan fingerprint density at radius 3 is 2.58 bits per heavy atom. The Labute approximate surface area is 144 Å². The van der Waals surface area contributed by atoms with Crippen molar-refractivity contribution in [2.45, 2.75) is 0 Å². The first kappa shape index (κ1) is 16.0. The van der Waals surface area contributed by atoms with Crippen molar-refractivity contribution in [3.8, 4) is 11.3 Å². The van der Waals surface area contributed by atoms with Crippen molar-refractivity contribution < 1.29 is 19.2 Å². The van der Waals surface area contributed by atoms with Crippen molar-refractivity contribution in [3.63, 3.8) is 0 Å². The fraction of sp³-hybridized carbons (Fsp3) is 0.0625. The number of carbonyl (C=O) groups is 2. The number of methoxy groups -OCH3 is 1. The fourth-order valence-electron chi connectivity index (χ4n) is 2.37. The van der Waals surface area contributed by atoms with Crippen molar-refractivity contribution >= 4 is 33.2 Å². The molecule has 1 aromatic carbocycles. The molecule has 0 saturated heterocycles. The predicted molar refractivity (Wildman–Crippen MR) is 88.0 cm³/mol. The number of fused-ring (bicyclic) bond motifs is 1. The third-order valence-corrected chi connectivity index (χ3v) is 4.24. The number of ketones is 2. The highest BCUT2D eigenvalue weighted by atomic mass is 79.9. The van der Waals surface area contributed by atoms with Gasteiger partial charge in [-0.25, -0.2) is 4.98 Å². The molecule has 120 valence electrons. The van der Waals surface area contributed by atoms with Gasteiger partial charge >= 0.3 is 0 Å². The summed E-state index contributed by atoms with van der Waals surface area (Å²) in [6.45, 7) is 0. The number of nitrogens with zero attached hydrogens (tertiary/aromatic N) is 2. The smallest absolute Gasteiger partial charge is 0.270 e. The van der Waals surface area contributed by atoms with Crippen LogP contribution >= 0.6 is 15.9 Å². The average Bonchev–Trinajstić information content (AvgIpc) is 2.60. The van der Waals surface area contributed by atoms with E-state index >= 15 is 0 Å². The summed E-state index contributed by atoms with van der Waals surface area (Å²) in [5, 5.41) is 10.9. The van der Waals surface area contributed by atoms with Crippen molar-refractivity contribution in [3.05, 3.63) is 68.0 Å². The largest absolute Gasteiger partial charge is 0.491 e. The summed E-state index contributed by atoms with van der Waals surface area (Å²) in [7, 11) is 1.30. The zero-order valence-electron chi connectivity index (χ0n) is 12.3. The van der Waals surface area contributed by atoms with Gasteiger partial charge in [-0.2, -0.15) is 0 Å². The Morgan fingerprint density at radius 1 is 1.17 bits per heavy atom. The number of nitro benzene ring substituents is 1. The van der Waals surface area contributed by atoms with Crippen LogP contribution in [0.1, 0.15) is 20.8 Å². The topological polar surface area (TPSA) is 99.4 Å². The third-order valence-electron chi connectivity index (χ3n) is 3.52. The van der Waals surface area contributed by atoms with E-state index in [4.69, 9.17) is 4.74 Å². The predicted octanol–water partition coefficient (Wildman–Crippen LogP) is 3.29. The summed E-state index contributed by atoms with van der Waals surface area (Å²) >= 11 is 3.06. The number of halogens is 1. The minimum absolute atomic E-state index is 0.00573. The summed E-state index contributed by atoms with van der Waals surface area (Å²) in [4.78, 5) is 39.3. The number of ether oxygens (including phenoxy) is 1. The van der Waals surface area contributed by atoms with E-state index in [1.165, 1.54) is 37.4 Å². The molecule has 0 N–H and O–H groups in total. The number of rotatable bonds is 3. The van der Waals surface area contributed by atoms with Crippen molar-refractivity contribution in [2.24, 2.45) is 0 Å². The van der Waals surface area contributed by atoms with Gasteiger partial charge in [-0.05, 0) is 28.1 Å². The molecular formula is C16H9BrN2O5. The van der Waals surface area contributed by atoms with Crippen molar-refractivity contribution in [1.29, 1.82) is 0 Å². The SMILES string of the molecule is COC1=C(Br)C(=O)c2nc(-c3cccc([N+](=O)[O-])c3)ccc2C1=O. The highest BCUT2D eigenvalue weighted by molar-refractivity contribution is 9.12. The van der Waals surface area contributed by atoms with Gasteiger partial charge in [0.1, 0.15) is 10.2 Å². The Morgan fingerprint density at radius 2 is 1.92 bits per heavy atom. The molecule has 24 heavy (non-hydrogen) atoms. The van der Waals surface area contributed by atoms with Crippen LogP contribution in [0.4, 0.5) is 5.69 Å². The number of non-ortho nitro benzene ring substituents is 1. The zero-order valence-corrected chi connectivity index (χ0v) is 13.9. The molecule has 0 radical (unpaired) electrons. The maximum absolute atomic E-state index is 12.4. The van der Waals surface area contributed by atoms with Crippen LogP contribution in [-0.2, 0) is 4.74 Å². The van der Waals surface area contributed by atoms with E-state index in [0.29, 0.717) is 11.3 Å². The number of aromatic nitrogens is 1. The molecule has 3 rings (SSSR count). The molecule has 1 aliphatic rings. The molecule has 0 fully saturated rings. The molecule has 0 spiro atoms. The first-order valence-corrected chi connectivity index (χ1v) is 7.52. The van der Waals surface area contributed by atoms with E-state index in [1.54, 1.807) is 6.07 Å². The maximum Gasteiger partial charge on any atom is 0.270 e. The first-order valence-electron chi connectivity index (χ1n) is 6.73. The average molecular weight is 389 g/mol. The van der Waals surface area contributed by atoms with Crippen LogP contribution in [0.5, 0.6) is 0 Å². The van der Waals surface area contributed by atoms with Crippen molar-refractivity contribution in [1.82, 2.24) is 4.98 Å². The van der Waals surface area contributed by atoms with Gasteiger partial charge in [0.2, 0.25) is 11.6 Å². The van der Waals surface area contributed by atoms with Crippen LogP contribution in [-0.4, -0.2) is 28.6 Å². The van der Waals surface area contributed by atoms with Crippen molar-refractivity contribution in [2.75, 3.05) is 7.11 Å².